The second-order valence-corrected chi connectivity index (χ2v) is 7.13. The number of likely N-dealkylation sites (N-methyl/N-ethyl adjacent to an activating group) is 1. The molecule has 0 unspecified atom stereocenters. The molecule has 1 aromatic heterocycles. The molecule has 0 spiro atoms. The molecule has 1 aliphatic heterocycles. The summed E-state index contributed by atoms with van der Waals surface area (Å²) in [6.45, 7) is 0.186. The molecule has 1 atom stereocenters. The fourth-order valence-electron chi connectivity index (χ4n) is 2.76. The summed E-state index contributed by atoms with van der Waals surface area (Å²) in [5, 5.41) is 4.63. The Bertz CT molecular complexity index is 761. The SMILES string of the molecule is CNC(=O)CN1c2ccccc2C(=O)N(C)[C@H]1c1cc(Br)cs1. The van der Waals surface area contributed by atoms with Crippen molar-refractivity contribution in [3.05, 3.63) is 50.6 Å². The Morgan fingerprint density at radius 2 is 2.13 bits per heavy atom. The predicted octanol–water partition coefficient (Wildman–Crippen LogP) is 2.85. The minimum atomic E-state index is -0.300. The van der Waals surface area contributed by atoms with Crippen LogP contribution >= 0.6 is 27.3 Å². The Kier molecular flexibility index (Phi) is 4.41. The van der Waals surface area contributed by atoms with Gasteiger partial charge in [0.1, 0.15) is 6.17 Å². The molecular formula is C16H16BrN3O2S. The van der Waals surface area contributed by atoms with Gasteiger partial charge in [-0.25, -0.2) is 0 Å². The van der Waals surface area contributed by atoms with Gasteiger partial charge in [0.15, 0.2) is 0 Å². The molecule has 2 heterocycles. The minimum absolute atomic E-state index is 0.0386. The van der Waals surface area contributed by atoms with Crippen LogP contribution in [0.3, 0.4) is 0 Å². The first-order valence-corrected chi connectivity index (χ1v) is 8.77. The number of fused-ring (bicyclic) bond motifs is 1. The number of halogens is 1. The van der Waals surface area contributed by atoms with Crippen molar-refractivity contribution in [2.45, 2.75) is 6.17 Å². The number of amides is 2. The Labute approximate surface area is 147 Å². The first-order chi connectivity index (χ1) is 11.0. The third kappa shape index (κ3) is 2.86. The molecule has 23 heavy (non-hydrogen) atoms. The summed E-state index contributed by atoms with van der Waals surface area (Å²) in [7, 11) is 3.39. The number of rotatable bonds is 3. The number of para-hydroxylation sites is 1. The summed E-state index contributed by atoms with van der Waals surface area (Å²) in [5.41, 5.74) is 1.40. The maximum atomic E-state index is 12.7. The molecule has 3 rings (SSSR count). The van der Waals surface area contributed by atoms with Crippen molar-refractivity contribution < 1.29 is 9.59 Å². The number of thiophene rings is 1. The molecule has 0 fully saturated rings. The highest BCUT2D eigenvalue weighted by Gasteiger charge is 2.37. The van der Waals surface area contributed by atoms with Crippen LogP contribution in [0.15, 0.2) is 40.2 Å². The first kappa shape index (κ1) is 16.0. The van der Waals surface area contributed by atoms with E-state index in [0.29, 0.717) is 5.56 Å². The molecule has 120 valence electrons. The van der Waals surface area contributed by atoms with Gasteiger partial charge in [-0.2, -0.15) is 0 Å². The first-order valence-electron chi connectivity index (χ1n) is 7.10. The average Bonchev–Trinajstić information content (AvgIpc) is 2.98. The maximum Gasteiger partial charge on any atom is 0.257 e. The third-order valence-electron chi connectivity index (χ3n) is 3.86. The monoisotopic (exact) mass is 393 g/mol. The van der Waals surface area contributed by atoms with Crippen LogP contribution in [0.4, 0.5) is 5.69 Å². The van der Waals surface area contributed by atoms with Gasteiger partial charge in [0.05, 0.1) is 17.8 Å². The van der Waals surface area contributed by atoms with E-state index >= 15 is 0 Å². The second kappa shape index (κ2) is 6.33. The number of nitrogens with one attached hydrogen (secondary N) is 1. The molecule has 0 saturated carbocycles. The molecule has 1 N–H and O–H groups in total. The molecule has 5 nitrogen and oxygen atoms in total. The van der Waals surface area contributed by atoms with E-state index in [1.165, 1.54) is 0 Å². The van der Waals surface area contributed by atoms with Gasteiger partial charge in [0.25, 0.3) is 5.91 Å². The van der Waals surface area contributed by atoms with E-state index in [9.17, 15) is 9.59 Å². The molecule has 2 amide bonds. The number of carbonyl (C=O) groups is 2. The quantitative estimate of drug-likeness (QED) is 0.871. The van der Waals surface area contributed by atoms with Gasteiger partial charge >= 0.3 is 0 Å². The number of carbonyl (C=O) groups excluding carboxylic acids is 2. The van der Waals surface area contributed by atoms with Gasteiger partial charge < -0.3 is 15.1 Å². The summed E-state index contributed by atoms with van der Waals surface area (Å²) in [4.78, 5) is 29.4. The fraction of sp³-hybridized carbons (Fsp3) is 0.250. The van der Waals surface area contributed by atoms with Crippen LogP contribution in [0.5, 0.6) is 0 Å². The third-order valence-corrected chi connectivity index (χ3v) is 5.59. The van der Waals surface area contributed by atoms with Crippen LogP contribution in [0, 0.1) is 0 Å². The van der Waals surface area contributed by atoms with Crippen molar-refractivity contribution in [2.75, 3.05) is 25.5 Å². The Balaban J connectivity index is 2.12. The summed E-state index contributed by atoms with van der Waals surface area (Å²) in [5.74, 6) is -0.133. The van der Waals surface area contributed by atoms with Crippen molar-refractivity contribution in [3.63, 3.8) is 0 Å². The topological polar surface area (TPSA) is 52.7 Å². The van der Waals surface area contributed by atoms with E-state index in [0.717, 1.165) is 15.0 Å². The van der Waals surface area contributed by atoms with Crippen molar-refractivity contribution in [1.29, 1.82) is 0 Å². The van der Waals surface area contributed by atoms with E-state index < -0.39 is 0 Å². The summed E-state index contributed by atoms with van der Waals surface area (Å²) < 4.78 is 0.970. The van der Waals surface area contributed by atoms with Crippen LogP contribution in [-0.2, 0) is 4.79 Å². The highest BCUT2D eigenvalue weighted by Crippen LogP contribution is 2.40. The van der Waals surface area contributed by atoms with Gasteiger partial charge in [-0.05, 0) is 34.1 Å². The largest absolute Gasteiger partial charge is 0.358 e. The molecule has 1 aliphatic rings. The second-order valence-electron chi connectivity index (χ2n) is 5.28. The number of anilines is 1. The molecule has 1 aromatic carbocycles. The molecule has 0 aliphatic carbocycles. The van der Waals surface area contributed by atoms with Gasteiger partial charge in [-0.15, -0.1) is 11.3 Å². The summed E-state index contributed by atoms with van der Waals surface area (Å²) >= 11 is 5.02. The lowest BCUT2D eigenvalue weighted by Gasteiger charge is -2.43. The highest BCUT2D eigenvalue weighted by atomic mass is 79.9. The number of nitrogens with zero attached hydrogens (tertiary/aromatic N) is 2. The van der Waals surface area contributed by atoms with E-state index in [1.54, 1.807) is 36.4 Å². The lowest BCUT2D eigenvalue weighted by molar-refractivity contribution is -0.119. The van der Waals surface area contributed by atoms with Gasteiger partial charge in [-0.1, -0.05) is 12.1 Å². The van der Waals surface area contributed by atoms with Gasteiger partial charge in [0, 0.05) is 28.8 Å². The van der Waals surface area contributed by atoms with Crippen molar-refractivity contribution in [1.82, 2.24) is 10.2 Å². The molecule has 0 saturated heterocycles. The Hall–Kier alpha value is -1.86. The molecule has 0 bridgehead atoms. The molecule has 0 radical (unpaired) electrons. The summed E-state index contributed by atoms with van der Waals surface area (Å²) in [6.07, 6.45) is -0.300. The van der Waals surface area contributed by atoms with E-state index in [4.69, 9.17) is 0 Å². The standard InChI is InChI=1S/C16H16BrN3O2S/c1-18-14(21)8-20-12-6-4-3-5-11(12)16(22)19(2)15(20)13-7-10(17)9-23-13/h3-7,9,15H,8H2,1-2H3,(H,18,21)/t15-/m1/s1. The minimum Gasteiger partial charge on any atom is -0.358 e. The van der Waals surface area contributed by atoms with E-state index in [2.05, 4.69) is 21.2 Å². The van der Waals surface area contributed by atoms with Crippen molar-refractivity contribution >= 4 is 44.8 Å². The highest BCUT2D eigenvalue weighted by molar-refractivity contribution is 9.10. The van der Waals surface area contributed by atoms with Crippen LogP contribution < -0.4 is 10.2 Å². The zero-order valence-electron chi connectivity index (χ0n) is 12.7. The number of hydrogen-bond donors (Lipinski definition) is 1. The zero-order chi connectivity index (χ0) is 16.6. The molecule has 7 heteroatoms. The van der Waals surface area contributed by atoms with Crippen molar-refractivity contribution in [2.24, 2.45) is 0 Å². The number of benzene rings is 1. The predicted molar refractivity (Wildman–Crippen MR) is 94.7 cm³/mol. The lowest BCUT2D eigenvalue weighted by atomic mass is 10.0. The number of hydrogen-bond acceptors (Lipinski definition) is 4. The maximum absolute atomic E-state index is 12.7. The zero-order valence-corrected chi connectivity index (χ0v) is 15.1. The van der Waals surface area contributed by atoms with Crippen molar-refractivity contribution in [3.8, 4) is 0 Å². The van der Waals surface area contributed by atoms with Gasteiger partial charge in [-0.3, -0.25) is 9.59 Å². The van der Waals surface area contributed by atoms with Crippen LogP contribution in [0.1, 0.15) is 21.4 Å². The average molecular weight is 394 g/mol. The lowest BCUT2D eigenvalue weighted by Crippen LogP contribution is -2.50. The smallest absolute Gasteiger partial charge is 0.257 e. The Morgan fingerprint density at radius 3 is 2.78 bits per heavy atom. The fourth-order valence-corrected chi connectivity index (χ4v) is 4.36. The van der Waals surface area contributed by atoms with E-state index in [-0.39, 0.29) is 24.5 Å². The van der Waals surface area contributed by atoms with Gasteiger partial charge in [0.2, 0.25) is 5.91 Å². The Morgan fingerprint density at radius 1 is 1.39 bits per heavy atom. The van der Waals surface area contributed by atoms with Crippen LogP contribution in [0.2, 0.25) is 0 Å². The normalized spacial score (nSPS) is 17.2. The molecular weight excluding hydrogens is 378 g/mol. The summed E-state index contributed by atoms with van der Waals surface area (Å²) in [6, 6.07) is 9.40. The van der Waals surface area contributed by atoms with E-state index in [1.807, 2.05) is 34.5 Å². The molecule has 2 aromatic rings. The van der Waals surface area contributed by atoms with Crippen LogP contribution in [0.25, 0.3) is 0 Å². The van der Waals surface area contributed by atoms with Crippen LogP contribution in [-0.4, -0.2) is 37.4 Å².